The third-order valence-electron chi connectivity index (χ3n) is 5.73. The topological polar surface area (TPSA) is 88.6 Å². The van der Waals surface area contributed by atoms with Crippen LogP contribution in [0.4, 0.5) is 11.8 Å². The van der Waals surface area contributed by atoms with Gasteiger partial charge in [0.1, 0.15) is 11.6 Å². The van der Waals surface area contributed by atoms with Gasteiger partial charge in [0.2, 0.25) is 5.95 Å². The fourth-order valence-electron chi connectivity index (χ4n) is 4.18. The van der Waals surface area contributed by atoms with Crippen LogP contribution in [-0.4, -0.2) is 61.9 Å². The molecule has 0 saturated carbocycles. The fourth-order valence-corrected chi connectivity index (χ4v) is 4.18. The number of piperidine rings is 1. The Morgan fingerprint density at radius 2 is 2.32 bits per heavy atom. The van der Waals surface area contributed by atoms with E-state index in [0.29, 0.717) is 43.0 Å². The van der Waals surface area contributed by atoms with Gasteiger partial charge in [-0.05, 0) is 68.6 Å². The lowest BCUT2D eigenvalue weighted by Gasteiger charge is -2.30. The molecule has 8 nitrogen and oxygen atoms in total. The van der Waals surface area contributed by atoms with Crippen molar-refractivity contribution in [1.29, 1.82) is 0 Å². The Kier molecular flexibility index (Phi) is 6.99. The first kappa shape index (κ1) is 21.5. The van der Waals surface area contributed by atoms with Gasteiger partial charge in [0.05, 0.1) is 13.2 Å². The quantitative estimate of drug-likeness (QED) is 0.672. The first-order chi connectivity index (χ1) is 15.1. The van der Waals surface area contributed by atoms with Crippen molar-refractivity contribution in [1.82, 2.24) is 15.3 Å². The summed E-state index contributed by atoms with van der Waals surface area (Å²) in [6.07, 6.45) is 4.74. The molecule has 2 unspecified atom stereocenters. The number of hydrogen-bond donors (Lipinski definition) is 2. The van der Waals surface area contributed by atoms with Gasteiger partial charge in [-0.1, -0.05) is 0 Å². The number of anilines is 2. The summed E-state index contributed by atoms with van der Waals surface area (Å²) in [4.78, 5) is 24.4. The number of ether oxygens (including phenoxy) is 2. The Balaban J connectivity index is 1.60. The van der Waals surface area contributed by atoms with Crippen molar-refractivity contribution in [3.8, 4) is 5.75 Å². The van der Waals surface area contributed by atoms with Crippen molar-refractivity contribution in [2.75, 3.05) is 50.2 Å². The zero-order valence-electron chi connectivity index (χ0n) is 18.3. The maximum absolute atomic E-state index is 13.6. The predicted octanol–water partition coefficient (Wildman–Crippen LogP) is 2.50. The average molecular weight is 426 g/mol. The highest BCUT2D eigenvalue weighted by atomic mass is 16.5. The summed E-state index contributed by atoms with van der Waals surface area (Å²) in [6.45, 7) is 5.77. The van der Waals surface area contributed by atoms with Crippen LogP contribution in [0.1, 0.15) is 35.7 Å². The highest BCUT2D eigenvalue weighted by molar-refractivity contribution is 6.05. The molecule has 1 saturated heterocycles. The number of fused-ring (bicyclic) bond motifs is 1. The second-order valence-corrected chi connectivity index (χ2v) is 8.29. The third-order valence-corrected chi connectivity index (χ3v) is 5.73. The number of benzene rings is 1. The van der Waals surface area contributed by atoms with Crippen LogP contribution >= 0.6 is 0 Å². The van der Waals surface area contributed by atoms with E-state index in [1.54, 1.807) is 24.3 Å². The molecular formula is C23H31N5O3. The molecule has 3 heterocycles. The molecule has 2 aliphatic heterocycles. The van der Waals surface area contributed by atoms with Crippen molar-refractivity contribution in [3.05, 3.63) is 41.6 Å². The van der Waals surface area contributed by atoms with E-state index in [-0.39, 0.29) is 11.9 Å². The summed E-state index contributed by atoms with van der Waals surface area (Å²) in [7, 11) is 1.66. The number of carbonyl (C=O) groups excluding carboxylic acids is 1. The standard InChI is InChI=1S/C23H31N5O3/c1-16(15-30-2)26-23-25-10-7-21(27-23)28(14-17-4-3-9-24-13-17)22(29)19-5-6-20-18(12-19)8-11-31-20/h5-7,10,12,16-17,24H,3-4,8-9,11,13-15H2,1-2H3,(H,25,26,27). The number of hydrogen-bond acceptors (Lipinski definition) is 7. The molecule has 31 heavy (non-hydrogen) atoms. The lowest BCUT2D eigenvalue weighted by Crippen LogP contribution is -2.41. The van der Waals surface area contributed by atoms with E-state index >= 15 is 0 Å². The van der Waals surface area contributed by atoms with E-state index in [4.69, 9.17) is 9.47 Å². The van der Waals surface area contributed by atoms with Crippen molar-refractivity contribution in [2.24, 2.45) is 5.92 Å². The number of amides is 1. The highest BCUT2D eigenvalue weighted by Gasteiger charge is 2.26. The molecule has 2 aromatic rings. The van der Waals surface area contributed by atoms with Crippen molar-refractivity contribution in [3.63, 3.8) is 0 Å². The van der Waals surface area contributed by atoms with Crippen LogP contribution in [-0.2, 0) is 11.2 Å². The second kappa shape index (κ2) is 10.1. The highest BCUT2D eigenvalue weighted by Crippen LogP contribution is 2.28. The number of nitrogens with zero attached hydrogens (tertiary/aromatic N) is 3. The van der Waals surface area contributed by atoms with Crippen molar-refractivity contribution in [2.45, 2.75) is 32.2 Å². The molecule has 0 radical (unpaired) electrons. The van der Waals surface area contributed by atoms with E-state index in [2.05, 4.69) is 20.6 Å². The molecule has 2 atom stereocenters. The van der Waals surface area contributed by atoms with Gasteiger partial charge in [0.15, 0.2) is 0 Å². The van der Waals surface area contributed by atoms with Crippen LogP contribution in [0.25, 0.3) is 0 Å². The number of rotatable bonds is 8. The van der Waals surface area contributed by atoms with E-state index in [1.807, 2.05) is 25.1 Å². The lowest BCUT2D eigenvalue weighted by molar-refractivity contribution is 0.0980. The predicted molar refractivity (Wildman–Crippen MR) is 120 cm³/mol. The second-order valence-electron chi connectivity index (χ2n) is 8.29. The maximum Gasteiger partial charge on any atom is 0.259 e. The minimum Gasteiger partial charge on any atom is -0.493 e. The molecule has 166 valence electrons. The van der Waals surface area contributed by atoms with Gasteiger partial charge in [0.25, 0.3) is 5.91 Å². The zero-order chi connectivity index (χ0) is 21.6. The van der Waals surface area contributed by atoms with E-state index < -0.39 is 0 Å². The van der Waals surface area contributed by atoms with Gasteiger partial charge >= 0.3 is 0 Å². The van der Waals surface area contributed by atoms with Gasteiger partial charge in [-0.2, -0.15) is 4.98 Å². The Labute approximate surface area is 183 Å². The minimum absolute atomic E-state index is 0.0464. The third kappa shape index (κ3) is 5.32. The first-order valence-electron chi connectivity index (χ1n) is 11.0. The fraction of sp³-hybridized carbons (Fsp3) is 0.522. The molecule has 1 aromatic heterocycles. The summed E-state index contributed by atoms with van der Waals surface area (Å²) in [6, 6.07) is 7.56. The normalized spacial score (nSPS) is 18.7. The molecule has 0 aliphatic carbocycles. The maximum atomic E-state index is 13.6. The SMILES string of the molecule is COCC(C)Nc1nccc(N(CC2CCCNC2)C(=O)c2ccc3c(c2)CCO3)n1. The summed E-state index contributed by atoms with van der Waals surface area (Å²) in [5.41, 5.74) is 1.75. The van der Waals surface area contributed by atoms with Crippen molar-refractivity contribution < 1.29 is 14.3 Å². The van der Waals surface area contributed by atoms with Gasteiger partial charge in [-0.3, -0.25) is 9.69 Å². The number of aromatic nitrogens is 2. The Morgan fingerprint density at radius 1 is 1.42 bits per heavy atom. The van der Waals surface area contributed by atoms with Gasteiger partial charge in [-0.15, -0.1) is 0 Å². The molecular weight excluding hydrogens is 394 g/mol. The molecule has 0 spiro atoms. The lowest BCUT2D eigenvalue weighted by atomic mass is 9.98. The van der Waals surface area contributed by atoms with Crippen LogP contribution in [0.15, 0.2) is 30.5 Å². The summed E-state index contributed by atoms with van der Waals surface area (Å²) in [5.74, 6) is 2.31. The first-order valence-corrected chi connectivity index (χ1v) is 11.0. The van der Waals surface area contributed by atoms with Crippen molar-refractivity contribution >= 4 is 17.7 Å². The molecule has 2 N–H and O–H groups in total. The van der Waals surface area contributed by atoms with E-state index in [1.165, 1.54) is 0 Å². The average Bonchev–Trinajstić information content (AvgIpc) is 3.26. The van der Waals surface area contributed by atoms with E-state index in [9.17, 15) is 4.79 Å². The van der Waals surface area contributed by atoms with E-state index in [0.717, 1.165) is 43.7 Å². The number of carbonyl (C=O) groups is 1. The monoisotopic (exact) mass is 425 g/mol. The van der Waals surface area contributed by atoms with Crippen LogP contribution in [0, 0.1) is 5.92 Å². The molecule has 1 aromatic carbocycles. The van der Waals surface area contributed by atoms with Crippen LogP contribution in [0.2, 0.25) is 0 Å². The van der Waals surface area contributed by atoms with Crippen LogP contribution in [0.5, 0.6) is 5.75 Å². The Morgan fingerprint density at radius 3 is 3.13 bits per heavy atom. The molecule has 2 aliphatic rings. The molecule has 1 amide bonds. The van der Waals surface area contributed by atoms with Gasteiger partial charge in [0, 0.05) is 37.9 Å². The zero-order valence-corrected chi connectivity index (χ0v) is 18.3. The van der Waals surface area contributed by atoms with Gasteiger partial charge in [-0.25, -0.2) is 4.98 Å². The minimum atomic E-state index is -0.0464. The Hall–Kier alpha value is -2.71. The summed E-state index contributed by atoms with van der Waals surface area (Å²) in [5, 5.41) is 6.68. The largest absolute Gasteiger partial charge is 0.493 e. The number of nitrogens with one attached hydrogen (secondary N) is 2. The van der Waals surface area contributed by atoms with Crippen LogP contribution in [0.3, 0.4) is 0 Å². The summed E-state index contributed by atoms with van der Waals surface area (Å²) >= 11 is 0. The smallest absolute Gasteiger partial charge is 0.259 e. The molecule has 4 rings (SSSR count). The molecule has 0 bridgehead atoms. The van der Waals surface area contributed by atoms with Crippen LogP contribution < -0.4 is 20.3 Å². The number of methoxy groups -OCH3 is 1. The molecule has 1 fully saturated rings. The summed E-state index contributed by atoms with van der Waals surface area (Å²) < 4.78 is 10.8. The Bertz CT molecular complexity index is 901. The molecule has 8 heteroatoms. The van der Waals surface area contributed by atoms with Gasteiger partial charge < -0.3 is 20.1 Å².